The lowest BCUT2D eigenvalue weighted by molar-refractivity contribution is -0.173. The van der Waals surface area contributed by atoms with Gasteiger partial charge in [0.25, 0.3) is 0 Å². The number of methoxy groups -OCH3 is 1. The number of phosphoric acid groups is 1. The van der Waals surface area contributed by atoms with Crippen LogP contribution < -0.4 is 0 Å². The lowest BCUT2D eigenvalue weighted by atomic mass is 9.82. The zero-order chi connectivity index (χ0) is 25.7. The van der Waals surface area contributed by atoms with E-state index < -0.39 is 49.8 Å². The van der Waals surface area contributed by atoms with Gasteiger partial charge in [0.05, 0.1) is 13.7 Å². The Kier molecular flexibility index (Phi) is 9.26. The lowest BCUT2D eigenvalue weighted by Crippen LogP contribution is -2.61. The van der Waals surface area contributed by atoms with Gasteiger partial charge in [-0.15, -0.1) is 0 Å². The maximum absolute atomic E-state index is 12.8. The predicted octanol–water partition coefficient (Wildman–Crippen LogP) is 2.83. The van der Waals surface area contributed by atoms with Gasteiger partial charge in [-0.1, -0.05) is 6.92 Å². The van der Waals surface area contributed by atoms with E-state index >= 15 is 0 Å². The number of ketones is 1. The Hall–Kier alpha value is -2.01. The summed E-state index contributed by atoms with van der Waals surface area (Å²) in [5.74, 6) is -1.81. The number of Topliss-reactive ketones (excluding diaryl/α,β-unsaturated/α-hetero) is 1. The first kappa shape index (κ1) is 28.2. The summed E-state index contributed by atoms with van der Waals surface area (Å²) in [6.07, 6.45) is -1.20. The minimum absolute atomic E-state index is 0.0333. The molecule has 2 heterocycles. The second-order valence-electron chi connectivity index (χ2n) is 9.72. The molecule has 0 saturated carbocycles. The molecule has 0 bridgehead atoms. The molecule has 2 fully saturated rings. The number of hydrogen-bond donors (Lipinski definition) is 0. The van der Waals surface area contributed by atoms with Crippen LogP contribution in [0.1, 0.15) is 53.9 Å². The molecular formula is C21H34NO11P. The van der Waals surface area contributed by atoms with Crippen LogP contribution >= 0.6 is 7.82 Å². The fourth-order valence-corrected chi connectivity index (χ4v) is 4.76. The van der Waals surface area contributed by atoms with Crippen LogP contribution in [0, 0.1) is 11.3 Å². The molecule has 2 saturated heterocycles. The Morgan fingerprint density at radius 2 is 1.79 bits per heavy atom. The van der Waals surface area contributed by atoms with E-state index in [0.717, 1.165) is 0 Å². The van der Waals surface area contributed by atoms with Crippen molar-refractivity contribution in [1.29, 1.82) is 0 Å². The van der Waals surface area contributed by atoms with Crippen molar-refractivity contribution in [2.24, 2.45) is 11.3 Å². The Morgan fingerprint density at radius 3 is 2.38 bits per heavy atom. The zero-order valence-electron chi connectivity index (χ0n) is 20.5. The number of hydrogen-bond acceptors (Lipinski definition) is 11. The van der Waals surface area contributed by atoms with Crippen LogP contribution in [-0.2, 0) is 46.7 Å². The maximum Gasteiger partial charge on any atom is 0.478 e. The highest BCUT2D eigenvalue weighted by atomic mass is 31.2. The van der Waals surface area contributed by atoms with E-state index in [4.69, 9.17) is 23.0 Å². The van der Waals surface area contributed by atoms with Crippen LogP contribution in [0.2, 0.25) is 0 Å². The van der Waals surface area contributed by atoms with Crippen molar-refractivity contribution in [2.75, 3.05) is 33.6 Å². The summed E-state index contributed by atoms with van der Waals surface area (Å²) in [5, 5.41) is 0. The van der Waals surface area contributed by atoms with Crippen molar-refractivity contribution >= 4 is 31.6 Å². The van der Waals surface area contributed by atoms with Crippen LogP contribution in [0.15, 0.2) is 0 Å². The lowest BCUT2D eigenvalue weighted by Gasteiger charge is -2.45. The van der Waals surface area contributed by atoms with Gasteiger partial charge in [-0.2, -0.15) is 0 Å². The van der Waals surface area contributed by atoms with Crippen LogP contribution in [0.25, 0.3) is 0 Å². The third kappa shape index (κ3) is 7.76. The van der Waals surface area contributed by atoms with Crippen molar-refractivity contribution in [3.05, 3.63) is 0 Å². The number of amides is 1. The fourth-order valence-electron chi connectivity index (χ4n) is 3.36. The van der Waals surface area contributed by atoms with Gasteiger partial charge < -0.3 is 19.1 Å². The molecule has 2 rings (SSSR count). The van der Waals surface area contributed by atoms with E-state index in [9.17, 15) is 23.7 Å². The SMILES string of the molecule is COC(=O)CCCC(=O)[C@@H]1OP(=O)(OCOC(=O)C2(C)CN(C(=O)OC(C)(C)C)C2)OCC1C. The van der Waals surface area contributed by atoms with Crippen LogP contribution in [0.3, 0.4) is 0 Å². The number of carbonyl (C=O) groups is 4. The van der Waals surface area contributed by atoms with Gasteiger partial charge >= 0.3 is 25.9 Å². The second kappa shape index (κ2) is 11.2. The second-order valence-corrected chi connectivity index (χ2v) is 11.3. The number of phosphoric ester groups is 1. The minimum atomic E-state index is -4.14. The molecule has 0 aromatic heterocycles. The summed E-state index contributed by atoms with van der Waals surface area (Å²) in [4.78, 5) is 49.5. The normalized spacial score (nSPS) is 26.2. The van der Waals surface area contributed by atoms with Crippen molar-refractivity contribution < 1.29 is 51.5 Å². The third-order valence-electron chi connectivity index (χ3n) is 5.23. The molecular weight excluding hydrogens is 473 g/mol. The molecule has 13 heteroatoms. The highest BCUT2D eigenvalue weighted by Gasteiger charge is 2.50. The molecule has 12 nitrogen and oxygen atoms in total. The van der Waals surface area contributed by atoms with Crippen molar-refractivity contribution in [3.8, 4) is 0 Å². The van der Waals surface area contributed by atoms with E-state index in [1.807, 2.05) is 0 Å². The molecule has 2 aliphatic heterocycles. The number of nitrogens with zero attached hydrogens (tertiary/aromatic N) is 1. The molecule has 194 valence electrons. The van der Waals surface area contributed by atoms with E-state index in [2.05, 4.69) is 4.74 Å². The van der Waals surface area contributed by atoms with Crippen LogP contribution in [0.5, 0.6) is 0 Å². The van der Waals surface area contributed by atoms with E-state index in [-0.39, 0.29) is 50.7 Å². The number of rotatable bonds is 9. The molecule has 0 aliphatic carbocycles. The highest BCUT2D eigenvalue weighted by Crippen LogP contribution is 2.54. The van der Waals surface area contributed by atoms with E-state index in [1.165, 1.54) is 12.0 Å². The Labute approximate surface area is 199 Å². The summed E-state index contributed by atoms with van der Waals surface area (Å²) in [6, 6.07) is 0. The molecule has 0 radical (unpaired) electrons. The summed E-state index contributed by atoms with van der Waals surface area (Å²) in [5.41, 5.74) is -1.61. The van der Waals surface area contributed by atoms with Gasteiger partial charge in [0, 0.05) is 31.8 Å². The molecule has 2 unspecified atom stereocenters. The zero-order valence-corrected chi connectivity index (χ0v) is 21.4. The molecule has 0 aromatic carbocycles. The molecule has 0 aromatic rings. The van der Waals surface area contributed by atoms with Gasteiger partial charge in [-0.05, 0) is 34.1 Å². The highest BCUT2D eigenvalue weighted by molar-refractivity contribution is 7.48. The first-order chi connectivity index (χ1) is 15.7. The number of esters is 2. The summed E-state index contributed by atoms with van der Waals surface area (Å²) in [6.45, 7) is 7.99. The first-order valence-electron chi connectivity index (χ1n) is 11.0. The fraction of sp³-hybridized carbons (Fsp3) is 0.810. The van der Waals surface area contributed by atoms with Crippen molar-refractivity contribution in [3.63, 3.8) is 0 Å². The molecule has 0 spiro atoms. The van der Waals surface area contributed by atoms with Gasteiger partial charge in [0.2, 0.25) is 6.79 Å². The largest absolute Gasteiger partial charge is 0.478 e. The van der Waals surface area contributed by atoms with E-state index in [1.54, 1.807) is 34.6 Å². The predicted molar refractivity (Wildman–Crippen MR) is 116 cm³/mol. The van der Waals surface area contributed by atoms with Gasteiger partial charge in [0.15, 0.2) is 5.78 Å². The molecule has 0 N–H and O–H groups in total. The molecule has 3 atom stereocenters. The van der Waals surface area contributed by atoms with Gasteiger partial charge in [-0.3, -0.25) is 23.4 Å². The Bertz CT molecular complexity index is 831. The van der Waals surface area contributed by atoms with Gasteiger partial charge in [-0.25, -0.2) is 13.9 Å². The quantitative estimate of drug-likeness (QED) is 0.197. The minimum Gasteiger partial charge on any atom is -0.469 e. The number of likely N-dealkylation sites (tertiary alicyclic amines) is 1. The van der Waals surface area contributed by atoms with E-state index in [0.29, 0.717) is 0 Å². The molecule has 1 amide bonds. The van der Waals surface area contributed by atoms with Crippen molar-refractivity contribution in [2.45, 2.75) is 65.6 Å². The topological polar surface area (TPSA) is 144 Å². The van der Waals surface area contributed by atoms with Crippen molar-refractivity contribution in [1.82, 2.24) is 4.90 Å². The van der Waals surface area contributed by atoms with Crippen LogP contribution in [0.4, 0.5) is 4.79 Å². The average Bonchev–Trinajstić information content (AvgIpc) is 2.71. The smallest absolute Gasteiger partial charge is 0.469 e. The molecule has 34 heavy (non-hydrogen) atoms. The standard InChI is InChI=1S/C21H34NO11P/c1-14-10-30-34(27,33-17(14)15(23)8-7-9-16(24)28-6)31-13-29-18(25)21(5)11-22(12-21)19(26)32-20(2,3)4/h14,17H,7-13H2,1-6H3/t14?,17-,34?/m1/s1. The monoisotopic (exact) mass is 507 g/mol. The summed E-state index contributed by atoms with van der Waals surface area (Å²) < 4.78 is 43.1. The molecule has 2 aliphatic rings. The third-order valence-corrected chi connectivity index (χ3v) is 6.60. The first-order valence-corrected chi connectivity index (χ1v) is 12.5. The Balaban J connectivity index is 1.79. The maximum atomic E-state index is 12.8. The van der Waals surface area contributed by atoms with Gasteiger partial charge in [0.1, 0.15) is 17.1 Å². The average molecular weight is 507 g/mol. The summed E-state index contributed by atoms with van der Waals surface area (Å²) >= 11 is 0. The summed E-state index contributed by atoms with van der Waals surface area (Å²) in [7, 11) is -2.88. The number of carbonyl (C=O) groups excluding carboxylic acids is 4. The Morgan fingerprint density at radius 1 is 1.15 bits per heavy atom. The number of ether oxygens (including phenoxy) is 3. The van der Waals surface area contributed by atoms with Crippen LogP contribution in [-0.4, -0.2) is 74.0 Å².